The molecule has 4 nitrogen and oxygen atoms in total. The zero-order valence-corrected chi connectivity index (χ0v) is 13.8. The number of imidazole rings is 1. The van der Waals surface area contributed by atoms with E-state index in [9.17, 15) is 5.26 Å². The largest absolute Gasteiger partial charge is 0.450 e. The minimum Gasteiger partial charge on any atom is -0.450 e. The van der Waals surface area contributed by atoms with Gasteiger partial charge in [0.05, 0.1) is 21.1 Å². The van der Waals surface area contributed by atoms with Crippen molar-refractivity contribution in [2.75, 3.05) is 0 Å². The maximum Gasteiger partial charge on any atom is 0.178 e. The number of aromatic nitrogens is 2. The van der Waals surface area contributed by atoms with E-state index in [1.54, 1.807) is 6.08 Å². The van der Waals surface area contributed by atoms with Crippen molar-refractivity contribution in [1.82, 2.24) is 9.97 Å². The number of para-hydroxylation sites is 2. The lowest BCUT2D eigenvalue weighted by molar-refractivity contribution is 0.527. The first kappa shape index (κ1) is 13.4. The van der Waals surface area contributed by atoms with E-state index in [0.29, 0.717) is 17.2 Å². The van der Waals surface area contributed by atoms with Gasteiger partial charge in [-0.05, 0) is 34.1 Å². The smallest absolute Gasteiger partial charge is 0.178 e. The number of fused-ring (bicyclic) bond motifs is 1. The lowest BCUT2D eigenvalue weighted by atomic mass is 10.2. The molecule has 6 heteroatoms. The van der Waals surface area contributed by atoms with E-state index in [1.165, 1.54) is 0 Å². The summed E-state index contributed by atoms with van der Waals surface area (Å²) in [6.45, 7) is 0. The second-order valence-electron chi connectivity index (χ2n) is 4.04. The lowest BCUT2D eigenvalue weighted by Gasteiger charge is -1.91. The highest BCUT2D eigenvalue weighted by molar-refractivity contribution is 14.1. The summed E-state index contributed by atoms with van der Waals surface area (Å²) >= 11 is 5.46. The molecule has 2 heterocycles. The Hall–Kier alpha value is -1.59. The molecule has 0 bridgehead atoms. The van der Waals surface area contributed by atoms with Crippen LogP contribution in [0.4, 0.5) is 0 Å². The molecule has 0 amide bonds. The predicted molar refractivity (Wildman–Crippen MR) is 88.7 cm³/mol. The van der Waals surface area contributed by atoms with Gasteiger partial charge in [0.25, 0.3) is 0 Å². The van der Waals surface area contributed by atoms with Gasteiger partial charge in [0.1, 0.15) is 17.7 Å². The number of nitrogens with one attached hydrogen (secondary N) is 1. The van der Waals surface area contributed by atoms with Crippen LogP contribution in [-0.2, 0) is 0 Å². The van der Waals surface area contributed by atoms with Crippen molar-refractivity contribution >= 4 is 61.2 Å². The quantitative estimate of drug-likeness (QED) is 0.469. The van der Waals surface area contributed by atoms with Gasteiger partial charge in [-0.2, -0.15) is 5.26 Å². The van der Waals surface area contributed by atoms with Crippen molar-refractivity contribution in [3.05, 3.63) is 50.2 Å². The van der Waals surface area contributed by atoms with Crippen LogP contribution in [0.2, 0.25) is 0 Å². The molecule has 0 atom stereocenters. The summed E-state index contributed by atoms with van der Waals surface area (Å²) in [7, 11) is 0. The molecule has 0 spiro atoms. The van der Waals surface area contributed by atoms with Crippen LogP contribution < -0.4 is 0 Å². The monoisotopic (exact) mass is 439 g/mol. The fourth-order valence-electron chi connectivity index (χ4n) is 1.81. The summed E-state index contributed by atoms with van der Waals surface area (Å²) < 4.78 is 7.13. The molecule has 1 N–H and O–H groups in total. The van der Waals surface area contributed by atoms with Crippen LogP contribution in [0.3, 0.4) is 0 Å². The highest BCUT2D eigenvalue weighted by Crippen LogP contribution is 2.26. The Bertz CT molecular complexity index is 804. The van der Waals surface area contributed by atoms with Crippen molar-refractivity contribution in [2.45, 2.75) is 0 Å². The van der Waals surface area contributed by atoms with Crippen molar-refractivity contribution in [3.63, 3.8) is 0 Å². The van der Waals surface area contributed by atoms with E-state index in [-0.39, 0.29) is 0 Å². The van der Waals surface area contributed by atoms with Gasteiger partial charge in [0, 0.05) is 28.7 Å². The Kier molecular flexibility index (Phi) is 3.63. The summed E-state index contributed by atoms with van der Waals surface area (Å²) in [5, 5.41) is 9.31. The van der Waals surface area contributed by atoms with E-state index in [1.807, 2.05) is 30.3 Å². The van der Waals surface area contributed by atoms with Gasteiger partial charge in [-0.3, -0.25) is 0 Å². The molecule has 3 rings (SSSR count). The Labute approximate surface area is 136 Å². The molecule has 0 saturated carbocycles. The van der Waals surface area contributed by atoms with Crippen molar-refractivity contribution < 1.29 is 4.42 Å². The normalized spacial score (nSPS) is 11.8. The number of benzene rings is 1. The van der Waals surface area contributed by atoms with Crippen LogP contribution in [0.5, 0.6) is 0 Å². The van der Waals surface area contributed by atoms with E-state index in [2.05, 4.69) is 54.6 Å². The first-order valence-corrected chi connectivity index (χ1v) is 7.56. The van der Waals surface area contributed by atoms with Gasteiger partial charge in [0.15, 0.2) is 3.77 Å². The number of furan rings is 1. The van der Waals surface area contributed by atoms with Crippen LogP contribution in [0, 0.1) is 15.1 Å². The number of allylic oxidation sites excluding steroid dienone is 1. The molecule has 3 aromatic rings. The zero-order valence-electron chi connectivity index (χ0n) is 10.0. The number of aromatic amines is 1. The number of H-pyrrole nitrogens is 1. The minimum atomic E-state index is 0.429. The first-order valence-electron chi connectivity index (χ1n) is 5.69. The standard InChI is InChI=1S/C14H7BrIN3O/c15-10-6-9(20-13(10)16)5-8(7-17)14-18-11-3-1-2-4-12(11)19-14/h1-6H,(H,18,19). The number of nitrogens with zero attached hydrogens (tertiary/aromatic N) is 2. The average molecular weight is 440 g/mol. The molecule has 0 radical (unpaired) electrons. The van der Waals surface area contributed by atoms with Crippen molar-refractivity contribution in [2.24, 2.45) is 0 Å². The summed E-state index contributed by atoms with van der Waals surface area (Å²) in [6.07, 6.45) is 1.67. The van der Waals surface area contributed by atoms with Gasteiger partial charge in [-0.1, -0.05) is 12.1 Å². The number of hydrogen-bond acceptors (Lipinski definition) is 3. The van der Waals surface area contributed by atoms with Gasteiger partial charge in [0.2, 0.25) is 0 Å². The Morgan fingerprint density at radius 3 is 2.90 bits per heavy atom. The maximum atomic E-state index is 9.31. The molecular weight excluding hydrogens is 433 g/mol. The summed E-state index contributed by atoms with van der Waals surface area (Å²) in [6, 6.07) is 11.6. The van der Waals surface area contributed by atoms with Crippen LogP contribution >= 0.6 is 38.5 Å². The molecule has 0 fully saturated rings. The van der Waals surface area contributed by atoms with Crippen LogP contribution in [-0.4, -0.2) is 9.97 Å². The van der Waals surface area contributed by atoms with Gasteiger partial charge >= 0.3 is 0 Å². The molecular formula is C14H7BrIN3O. The number of rotatable bonds is 2. The zero-order chi connectivity index (χ0) is 14.1. The topological polar surface area (TPSA) is 65.6 Å². The summed E-state index contributed by atoms with van der Waals surface area (Å²) in [4.78, 5) is 7.54. The van der Waals surface area contributed by atoms with E-state index >= 15 is 0 Å². The van der Waals surface area contributed by atoms with Crippen LogP contribution in [0.25, 0.3) is 22.7 Å². The highest BCUT2D eigenvalue weighted by atomic mass is 127. The maximum absolute atomic E-state index is 9.31. The molecule has 0 saturated heterocycles. The van der Waals surface area contributed by atoms with E-state index in [0.717, 1.165) is 19.3 Å². The highest BCUT2D eigenvalue weighted by Gasteiger charge is 2.10. The molecule has 0 unspecified atom stereocenters. The van der Waals surface area contributed by atoms with Crippen LogP contribution in [0.1, 0.15) is 11.6 Å². The number of nitriles is 1. The molecule has 0 aliphatic rings. The number of hydrogen-bond donors (Lipinski definition) is 1. The second kappa shape index (κ2) is 5.42. The van der Waals surface area contributed by atoms with Gasteiger partial charge < -0.3 is 9.40 Å². The van der Waals surface area contributed by atoms with E-state index in [4.69, 9.17) is 4.42 Å². The van der Waals surface area contributed by atoms with Crippen molar-refractivity contribution in [1.29, 1.82) is 5.26 Å². The third-order valence-electron chi connectivity index (χ3n) is 2.72. The fourth-order valence-corrected chi connectivity index (χ4v) is 2.53. The Morgan fingerprint density at radius 2 is 2.25 bits per heavy atom. The molecule has 1 aromatic carbocycles. The first-order chi connectivity index (χ1) is 9.67. The predicted octanol–water partition coefficient (Wildman–Crippen LogP) is 4.59. The molecule has 0 aliphatic carbocycles. The molecule has 98 valence electrons. The third-order valence-corrected chi connectivity index (χ3v) is 4.85. The molecule has 0 aliphatic heterocycles. The third kappa shape index (κ3) is 2.51. The second-order valence-corrected chi connectivity index (χ2v) is 5.88. The Balaban J connectivity index is 2.07. The Morgan fingerprint density at radius 1 is 1.45 bits per heavy atom. The van der Waals surface area contributed by atoms with E-state index < -0.39 is 0 Å². The van der Waals surface area contributed by atoms with Gasteiger partial charge in [-0.25, -0.2) is 4.98 Å². The lowest BCUT2D eigenvalue weighted by Crippen LogP contribution is -1.84. The summed E-state index contributed by atoms with van der Waals surface area (Å²) in [5.41, 5.74) is 2.16. The summed E-state index contributed by atoms with van der Waals surface area (Å²) in [5.74, 6) is 1.15. The van der Waals surface area contributed by atoms with Crippen LogP contribution in [0.15, 0.2) is 39.2 Å². The average Bonchev–Trinajstić information content (AvgIpc) is 3.00. The SMILES string of the molecule is N#CC(=Cc1cc(Br)c(I)o1)c1nc2ccccc2[nH]1. The molecule has 2 aromatic heterocycles. The van der Waals surface area contributed by atoms with Gasteiger partial charge in [-0.15, -0.1) is 0 Å². The van der Waals surface area contributed by atoms with Crippen molar-refractivity contribution in [3.8, 4) is 6.07 Å². The number of halogens is 2. The molecule has 20 heavy (non-hydrogen) atoms. The fraction of sp³-hybridized carbons (Fsp3) is 0. The minimum absolute atomic E-state index is 0.429.